The van der Waals surface area contributed by atoms with Crippen LogP contribution in [0.2, 0.25) is 0 Å². The van der Waals surface area contributed by atoms with Crippen molar-refractivity contribution in [2.75, 3.05) is 39.3 Å². The largest absolute Gasteiger partial charge is 0.478 e. The zero-order valence-corrected chi connectivity index (χ0v) is 14.6. The van der Waals surface area contributed by atoms with Crippen molar-refractivity contribution in [1.29, 1.82) is 0 Å². The van der Waals surface area contributed by atoms with Crippen LogP contribution < -0.4 is 5.32 Å². The number of nitrogens with zero attached hydrogens (tertiary/aromatic N) is 2. The van der Waals surface area contributed by atoms with Crippen LogP contribution in [0, 0.1) is 0 Å². The van der Waals surface area contributed by atoms with Gasteiger partial charge >= 0.3 is 12.1 Å². The Morgan fingerprint density at radius 3 is 2.29 bits per heavy atom. The Morgan fingerprint density at radius 1 is 1.12 bits per heavy atom. The van der Waals surface area contributed by atoms with Crippen molar-refractivity contribution in [3.05, 3.63) is 12.2 Å². The maximum Gasteiger partial charge on any atom is 0.410 e. The van der Waals surface area contributed by atoms with Gasteiger partial charge in [0.2, 0.25) is 5.91 Å². The van der Waals surface area contributed by atoms with Crippen LogP contribution in [0.5, 0.6) is 0 Å². The number of carbonyl (C=O) groups is 3. The summed E-state index contributed by atoms with van der Waals surface area (Å²) in [6.07, 6.45) is 2.30. The van der Waals surface area contributed by atoms with E-state index in [-0.39, 0.29) is 6.09 Å². The molecular weight excluding hydrogens is 314 g/mol. The van der Waals surface area contributed by atoms with Gasteiger partial charge in [-0.1, -0.05) is 0 Å². The van der Waals surface area contributed by atoms with Crippen molar-refractivity contribution in [2.45, 2.75) is 32.8 Å². The SMILES string of the molecule is CC(C)(C)OC(=O)N1CCN(CCCNC(=O)/C=C\C(=O)O)CC1. The molecule has 0 saturated carbocycles. The number of nitrogens with one attached hydrogen (secondary N) is 1. The first kappa shape index (κ1) is 20.0. The molecule has 0 aromatic rings. The normalized spacial score (nSPS) is 16.2. The molecule has 0 unspecified atom stereocenters. The van der Waals surface area contributed by atoms with Gasteiger partial charge in [-0.25, -0.2) is 9.59 Å². The van der Waals surface area contributed by atoms with Gasteiger partial charge in [0, 0.05) is 44.9 Å². The van der Waals surface area contributed by atoms with E-state index in [1.54, 1.807) is 4.90 Å². The van der Waals surface area contributed by atoms with Gasteiger partial charge in [-0.05, 0) is 33.7 Å². The maximum absolute atomic E-state index is 12.0. The third-order valence-electron chi connectivity index (χ3n) is 3.35. The summed E-state index contributed by atoms with van der Waals surface area (Å²) >= 11 is 0. The molecule has 1 saturated heterocycles. The lowest BCUT2D eigenvalue weighted by atomic mass is 10.2. The average Bonchev–Trinajstić information content (AvgIpc) is 2.48. The van der Waals surface area contributed by atoms with Gasteiger partial charge < -0.3 is 20.1 Å². The third-order valence-corrected chi connectivity index (χ3v) is 3.35. The highest BCUT2D eigenvalue weighted by Gasteiger charge is 2.25. The summed E-state index contributed by atoms with van der Waals surface area (Å²) < 4.78 is 5.35. The van der Waals surface area contributed by atoms with Crippen LogP contribution in [0.4, 0.5) is 4.79 Å². The summed E-state index contributed by atoms with van der Waals surface area (Å²) in [6, 6.07) is 0. The highest BCUT2D eigenvalue weighted by molar-refractivity contribution is 5.93. The number of aliphatic carboxylic acids is 1. The molecule has 2 N–H and O–H groups in total. The van der Waals surface area contributed by atoms with Crippen molar-refractivity contribution in [1.82, 2.24) is 15.1 Å². The molecule has 1 aliphatic rings. The molecule has 0 spiro atoms. The van der Waals surface area contributed by atoms with E-state index in [0.29, 0.717) is 19.6 Å². The second-order valence-corrected chi connectivity index (χ2v) is 6.63. The fourth-order valence-electron chi connectivity index (χ4n) is 2.20. The quantitative estimate of drug-likeness (QED) is 0.545. The molecule has 0 aliphatic carbocycles. The summed E-state index contributed by atoms with van der Waals surface area (Å²) in [7, 11) is 0. The number of amides is 2. The molecule has 1 aliphatic heterocycles. The highest BCUT2D eigenvalue weighted by Crippen LogP contribution is 2.11. The zero-order valence-electron chi connectivity index (χ0n) is 14.6. The number of hydrogen-bond acceptors (Lipinski definition) is 5. The van der Waals surface area contributed by atoms with Crippen molar-refractivity contribution in [3.63, 3.8) is 0 Å². The van der Waals surface area contributed by atoms with Gasteiger partial charge in [0.15, 0.2) is 0 Å². The van der Waals surface area contributed by atoms with Crippen LogP contribution >= 0.6 is 0 Å². The smallest absolute Gasteiger partial charge is 0.410 e. The van der Waals surface area contributed by atoms with Gasteiger partial charge in [-0.3, -0.25) is 9.69 Å². The van der Waals surface area contributed by atoms with Crippen molar-refractivity contribution in [3.8, 4) is 0 Å². The maximum atomic E-state index is 12.0. The summed E-state index contributed by atoms with van der Waals surface area (Å²) in [5.41, 5.74) is -0.485. The van der Waals surface area contributed by atoms with E-state index in [0.717, 1.165) is 38.2 Å². The molecule has 1 rings (SSSR count). The van der Waals surface area contributed by atoms with Gasteiger partial charge in [-0.15, -0.1) is 0 Å². The number of hydrogen-bond donors (Lipinski definition) is 2. The summed E-state index contributed by atoms with van der Waals surface area (Å²) in [6.45, 7) is 9.63. The fraction of sp³-hybridized carbons (Fsp3) is 0.688. The standard InChI is InChI=1S/C16H27N3O5/c1-16(2,3)24-15(23)19-11-9-18(10-12-19)8-4-7-17-13(20)5-6-14(21)22/h5-6H,4,7-12H2,1-3H3,(H,17,20)(H,21,22)/b6-5-. The Bertz CT molecular complexity index is 477. The molecular formula is C16H27N3O5. The summed E-state index contributed by atoms with van der Waals surface area (Å²) in [5.74, 6) is -1.56. The number of carbonyl (C=O) groups excluding carboxylic acids is 2. The third kappa shape index (κ3) is 8.52. The van der Waals surface area contributed by atoms with Gasteiger partial charge in [0.25, 0.3) is 0 Å². The molecule has 2 amide bonds. The second-order valence-electron chi connectivity index (χ2n) is 6.63. The zero-order chi connectivity index (χ0) is 18.2. The summed E-state index contributed by atoms with van der Waals surface area (Å²) in [5, 5.41) is 11.0. The van der Waals surface area contributed by atoms with Gasteiger partial charge in [0.05, 0.1) is 0 Å². The van der Waals surface area contributed by atoms with Crippen LogP contribution in [0.15, 0.2) is 12.2 Å². The second kappa shape index (κ2) is 9.27. The number of rotatable bonds is 6. The molecule has 0 aromatic heterocycles. The van der Waals surface area contributed by atoms with Crippen LogP contribution in [-0.4, -0.2) is 77.7 Å². The Balaban J connectivity index is 2.17. The molecule has 0 atom stereocenters. The molecule has 8 heteroatoms. The van der Waals surface area contributed by atoms with Crippen molar-refractivity contribution < 1.29 is 24.2 Å². The first-order valence-corrected chi connectivity index (χ1v) is 8.06. The molecule has 0 bridgehead atoms. The highest BCUT2D eigenvalue weighted by atomic mass is 16.6. The van der Waals surface area contributed by atoms with E-state index in [1.165, 1.54) is 0 Å². The predicted molar refractivity (Wildman–Crippen MR) is 88.6 cm³/mol. The van der Waals surface area contributed by atoms with Crippen LogP contribution in [-0.2, 0) is 14.3 Å². The van der Waals surface area contributed by atoms with E-state index >= 15 is 0 Å². The Labute approximate surface area is 142 Å². The topological polar surface area (TPSA) is 99.2 Å². The Hall–Kier alpha value is -2.09. The minimum absolute atomic E-state index is 0.278. The summed E-state index contributed by atoms with van der Waals surface area (Å²) in [4.78, 5) is 37.5. The van der Waals surface area contributed by atoms with Crippen LogP contribution in [0.3, 0.4) is 0 Å². The average molecular weight is 341 g/mol. The van der Waals surface area contributed by atoms with Gasteiger partial charge in [-0.2, -0.15) is 0 Å². The van der Waals surface area contributed by atoms with E-state index in [9.17, 15) is 14.4 Å². The predicted octanol–water partition coefficient (Wildman–Crippen LogP) is 0.686. The minimum atomic E-state index is -1.15. The van der Waals surface area contributed by atoms with E-state index < -0.39 is 17.5 Å². The molecule has 1 fully saturated rings. The Kier molecular flexibility index (Phi) is 7.70. The first-order valence-electron chi connectivity index (χ1n) is 8.06. The van der Waals surface area contributed by atoms with E-state index in [1.807, 2.05) is 20.8 Å². The lowest BCUT2D eigenvalue weighted by Gasteiger charge is -2.35. The number of piperazine rings is 1. The van der Waals surface area contributed by atoms with E-state index in [2.05, 4.69) is 10.2 Å². The fourth-order valence-corrected chi connectivity index (χ4v) is 2.20. The molecule has 136 valence electrons. The number of carboxylic acid groups (broad SMARTS) is 1. The molecule has 1 heterocycles. The van der Waals surface area contributed by atoms with E-state index in [4.69, 9.17) is 9.84 Å². The van der Waals surface area contributed by atoms with Crippen LogP contribution in [0.25, 0.3) is 0 Å². The molecule has 8 nitrogen and oxygen atoms in total. The van der Waals surface area contributed by atoms with Gasteiger partial charge in [0.1, 0.15) is 5.60 Å². The van der Waals surface area contributed by atoms with Crippen molar-refractivity contribution >= 4 is 18.0 Å². The minimum Gasteiger partial charge on any atom is -0.478 e. The van der Waals surface area contributed by atoms with Crippen LogP contribution in [0.1, 0.15) is 27.2 Å². The Morgan fingerprint density at radius 2 is 1.75 bits per heavy atom. The molecule has 24 heavy (non-hydrogen) atoms. The lowest BCUT2D eigenvalue weighted by Crippen LogP contribution is -2.50. The first-order chi connectivity index (χ1) is 11.2. The molecule has 0 radical (unpaired) electrons. The molecule has 0 aromatic carbocycles. The lowest BCUT2D eigenvalue weighted by molar-refractivity contribution is -0.131. The monoisotopic (exact) mass is 341 g/mol. The number of ether oxygens (including phenoxy) is 1. The number of carboxylic acids is 1. The van der Waals surface area contributed by atoms with Crippen molar-refractivity contribution in [2.24, 2.45) is 0 Å².